The minimum atomic E-state index is -0.350. The van der Waals surface area contributed by atoms with Gasteiger partial charge in [-0.25, -0.2) is 9.18 Å². The van der Waals surface area contributed by atoms with E-state index in [-0.39, 0.29) is 11.8 Å². The molecular formula is C11H14BrFN2O. The summed E-state index contributed by atoms with van der Waals surface area (Å²) in [7, 11) is 0. The van der Waals surface area contributed by atoms with Crippen molar-refractivity contribution in [2.24, 2.45) is 0 Å². The molecular weight excluding hydrogens is 275 g/mol. The number of anilines is 1. The zero-order valence-electron chi connectivity index (χ0n) is 9.02. The normalized spacial score (nSPS) is 9.94. The lowest BCUT2D eigenvalue weighted by Gasteiger charge is -2.07. The number of halogens is 2. The number of carbonyl (C=O) groups is 1. The Morgan fingerprint density at radius 2 is 2.25 bits per heavy atom. The van der Waals surface area contributed by atoms with Gasteiger partial charge >= 0.3 is 6.03 Å². The molecule has 3 nitrogen and oxygen atoms in total. The highest BCUT2D eigenvalue weighted by Crippen LogP contribution is 2.19. The predicted molar refractivity (Wildman–Crippen MR) is 66.0 cm³/mol. The van der Waals surface area contributed by atoms with E-state index in [0.29, 0.717) is 16.7 Å². The van der Waals surface area contributed by atoms with Crippen molar-refractivity contribution in [3.05, 3.63) is 28.5 Å². The van der Waals surface area contributed by atoms with Gasteiger partial charge in [0.15, 0.2) is 0 Å². The lowest BCUT2D eigenvalue weighted by Crippen LogP contribution is -2.29. The summed E-state index contributed by atoms with van der Waals surface area (Å²) in [4.78, 5) is 11.4. The summed E-state index contributed by atoms with van der Waals surface area (Å²) in [6, 6.07) is 4.06. The van der Waals surface area contributed by atoms with Crippen molar-refractivity contribution in [2.45, 2.75) is 19.8 Å². The van der Waals surface area contributed by atoms with Gasteiger partial charge < -0.3 is 10.6 Å². The average Bonchev–Trinajstić information content (AvgIpc) is 2.24. The maximum atomic E-state index is 12.9. The van der Waals surface area contributed by atoms with Crippen LogP contribution in [0.1, 0.15) is 19.8 Å². The zero-order valence-corrected chi connectivity index (χ0v) is 10.6. The van der Waals surface area contributed by atoms with E-state index >= 15 is 0 Å². The third kappa shape index (κ3) is 4.18. The molecule has 2 amide bonds. The number of urea groups is 1. The number of hydrogen-bond donors (Lipinski definition) is 2. The van der Waals surface area contributed by atoms with Gasteiger partial charge in [0.1, 0.15) is 5.82 Å². The standard InChI is InChI=1S/C11H14BrFN2O/c1-2-3-6-14-11(16)15-8-4-5-10(13)9(12)7-8/h4-5,7H,2-3,6H2,1H3,(H2,14,15,16). The van der Waals surface area contributed by atoms with E-state index in [1.807, 2.05) is 0 Å². The Balaban J connectivity index is 2.46. The Morgan fingerprint density at radius 1 is 1.50 bits per heavy atom. The first-order chi connectivity index (χ1) is 7.63. The van der Waals surface area contributed by atoms with E-state index in [9.17, 15) is 9.18 Å². The van der Waals surface area contributed by atoms with Crippen molar-refractivity contribution in [3.8, 4) is 0 Å². The topological polar surface area (TPSA) is 41.1 Å². The van der Waals surface area contributed by atoms with Crippen LogP contribution >= 0.6 is 15.9 Å². The van der Waals surface area contributed by atoms with Crippen molar-refractivity contribution < 1.29 is 9.18 Å². The maximum Gasteiger partial charge on any atom is 0.319 e. The molecule has 5 heteroatoms. The monoisotopic (exact) mass is 288 g/mol. The summed E-state index contributed by atoms with van der Waals surface area (Å²) in [5.41, 5.74) is 0.558. The van der Waals surface area contributed by atoms with E-state index in [0.717, 1.165) is 12.8 Å². The van der Waals surface area contributed by atoms with Crippen LogP contribution in [0.25, 0.3) is 0 Å². The molecule has 1 rings (SSSR count). The van der Waals surface area contributed by atoms with Crippen LogP contribution < -0.4 is 10.6 Å². The molecule has 0 heterocycles. The molecule has 0 unspecified atom stereocenters. The van der Waals surface area contributed by atoms with Crippen LogP contribution in [0.2, 0.25) is 0 Å². The summed E-state index contributed by atoms with van der Waals surface area (Å²) < 4.78 is 13.2. The number of benzene rings is 1. The van der Waals surface area contributed by atoms with Gasteiger partial charge in [-0.3, -0.25) is 0 Å². The van der Waals surface area contributed by atoms with Gasteiger partial charge in [0, 0.05) is 12.2 Å². The van der Waals surface area contributed by atoms with E-state index in [2.05, 4.69) is 33.5 Å². The number of unbranched alkanes of at least 4 members (excludes halogenated alkanes) is 1. The Hall–Kier alpha value is -1.10. The summed E-state index contributed by atoms with van der Waals surface area (Å²) >= 11 is 3.05. The van der Waals surface area contributed by atoms with Crippen LogP contribution in [0.15, 0.2) is 22.7 Å². The molecule has 0 bridgehead atoms. The second kappa shape index (κ2) is 6.48. The van der Waals surface area contributed by atoms with E-state index in [1.54, 1.807) is 0 Å². The molecule has 0 saturated heterocycles. The molecule has 0 aliphatic rings. The van der Waals surface area contributed by atoms with Gasteiger partial charge in [-0.1, -0.05) is 13.3 Å². The van der Waals surface area contributed by atoms with Crippen molar-refractivity contribution >= 4 is 27.6 Å². The number of rotatable bonds is 4. The number of hydrogen-bond acceptors (Lipinski definition) is 1. The molecule has 16 heavy (non-hydrogen) atoms. The zero-order chi connectivity index (χ0) is 12.0. The molecule has 0 aliphatic heterocycles. The number of nitrogens with one attached hydrogen (secondary N) is 2. The molecule has 0 saturated carbocycles. The van der Waals surface area contributed by atoms with Gasteiger partial charge in [-0.05, 0) is 40.5 Å². The van der Waals surface area contributed by atoms with Crippen LogP contribution in [0.4, 0.5) is 14.9 Å². The molecule has 0 radical (unpaired) electrons. The quantitative estimate of drug-likeness (QED) is 0.818. The highest BCUT2D eigenvalue weighted by atomic mass is 79.9. The molecule has 0 spiro atoms. The van der Waals surface area contributed by atoms with Crippen LogP contribution in [0, 0.1) is 5.82 Å². The summed E-state index contributed by atoms with van der Waals surface area (Å²) in [5.74, 6) is -0.350. The van der Waals surface area contributed by atoms with Crippen molar-refractivity contribution in [1.29, 1.82) is 0 Å². The lowest BCUT2D eigenvalue weighted by molar-refractivity contribution is 0.252. The van der Waals surface area contributed by atoms with Gasteiger partial charge in [-0.2, -0.15) is 0 Å². The fraction of sp³-hybridized carbons (Fsp3) is 0.364. The van der Waals surface area contributed by atoms with Crippen molar-refractivity contribution in [3.63, 3.8) is 0 Å². The third-order valence-electron chi connectivity index (χ3n) is 1.99. The van der Waals surface area contributed by atoms with Gasteiger partial charge in [0.05, 0.1) is 4.47 Å². The Kier molecular flexibility index (Phi) is 5.25. The summed E-state index contributed by atoms with van der Waals surface area (Å²) in [6.45, 7) is 2.70. The smallest absolute Gasteiger partial charge is 0.319 e. The molecule has 2 N–H and O–H groups in total. The molecule has 0 aliphatic carbocycles. The molecule has 0 atom stereocenters. The molecule has 1 aromatic rings. The minimum Gasteiger partial charge on any atom is -0.338 e. The Morgan fingerprint density at radius 3 is 2.88 bits per heavy atom. The highest BCUT2D eigenvalue weighted by molar-refractivity contribution is 9.10. The van der Waals surface area contributed by atoms with Crippen molar-refractivity contribution in [2.75, 3.05) is 11.9 Å². The van der Waals surface area contributed by atoms with Gasteiger partial charge in [0.25, 0.3) is 0 Å². The van der Waals surface area contributed by atoms with E-state index in [1.165, 1.54) is 18.2 Å². The third-order valence-corrected chi connectivity index (χ3v) is 2.60. The van der Waals surface area contributed by atoms with E-state index in [4.69, 9.17) is 0 Å². The van der Waals surface area contributed by atoms with Crippen LogP contribution in [0.5, 0.6) is 0 Å². The fourth-order valence-corrected chi connectivity index (χ4v) is 1.51. The fourth-order valence-electron chi connectivity index (χ4n) is 1.13. The highest BCUT2D eigenvalue weighted by Gasteiger charge is 2.03. The van der Waals surface area contributed by atoms with Gasteiger partial charge in [-0.15, -0.1) is 0 Å². The first-order valence-corrected chi connectivity index (χ1v) is 5.92. The Labute approximate surface area is 103 Å². The second-order valence-corrected chi connectivity index (χ2v) is 4.22. The summed E-state index contributed by atoms with van der Waals surface area (Å²) in [5, 5.41) is 5.33. The molecule has 88 valence electrons. The maximum absolute atomic E-state index is 12.9. The summed E-state index contributed by atoms with van der Waals surface area (Å²) in [6.07, 6.45) is 1.98. The predicted octanol–water partition coefficient (Wildman–Crippen LogP) is 3.51. The largest absolute Gasteiger partial charge is 0.338 e. The van der Waals surface area contributed by atoms with E-state index < -0.39 is 0 Å². The Bertz CT molecular complexity index is 371. The minimum absolute atomic E-state index is 0.271. The number of amides is 2. The molecule has 0 fully saturated rings. The average molecular weight is 289 g/mol. The van der Waals surface area contributed by atoms with Crippen molar-refractivity contribution in [1.82, 2.24) is 5.32 Å². The SMILES string of the molecule is CCCCNC(=O)Nc1ccc(F)c(Br)c1. The number of carbonyl (C=O) groups excluding carboxylic acids is 1. The van der Waals surface area contributed by atoms with Crippen LogP contribution in [-0.2, 0) is 0 Å². The first-order valence-electron chi connectivity index (χ1n) is 5.13. The molecule has 1 aromatic carbocycles. The molecule has 0 aromatic heterocycles. The van der Waals surface area contributed by atoms with Crippen LogP contribution in [0.3, 0.4) is 0 Å². The second-order valence-electron chi connectivity index (χ2n) is 3.36. The van der Waals surface area contributed by atoms with Crippen LogP contribution in [-0.4, -0.2) is 12.6 Å². The first kappa shape index (κ1) is 13.0. The lowest BCUT2D eigenvalue weighted by atomic mass is 10.3. The van der Waals surface area contributed by atoms with Gasteiger partial charge in [0.2, 0.25) is 0 Å².